The number of allylic oxidation sites excluding steroid dienone is 30. The molecule has 16 nitrogen and oxygen atoms in total. The van der Waals surface area contributed by atoms with Crippen LogP contribution in [0.25, 0.3) is 0 Å². The van der Waals surface area contributed by atoms with Crippen molar-refractivity contribution in [2.45, 2.75) is 424 Å². The standard InChI is InChI=1S/C105H178O16P2/c1-4-7-10-13-16-19-22-25-28-31-34-36-38-40-42-44-46-48-49-51-53-54-56-58-60-62-65-67-70-73-76-79-82-85-88-91-103(108)115-94-100(106)95-117-122(111,112)118-96-101(107)97-119-123(113,114)120-99-102(121-105(110)93-90-87-84-81-78-75-72-69-64-33-30-27-24-21-18-15-12-9-6-3)98-116-104(109)92-89-86-83-80-77-74-71-68-66-63-61-59-57-55-52-50-47-45-43-41-39-37-35-32-29-26-23-20-17-14-11-8-5-2/h7-12,16-21,25-30,34-37,40-43,46,48,64,69,100-102,106-107H,4-6,13-15,22-24,31-33,38-39,44-45,47,49-63,65-68,70-99H2,1-3H3,(H,111,112)(H,113,114)/b10-7-,11-8-,12-9-,19-16-,20-17-,21-18-,28-25-,29-26-,30-27-,36-34-,37-35-,42-40-,43-41-,48-46-,69-64-. The van der Waals surface area contributed by atoms with Crippen LogP contribution in [0.15, 0.2) is 182 Å². The first kappa shape index (κ1) is 118. The topological polar surface area (TPSA) is 231 Å². The Morgan fingerprint density at radius 1 is 0.228 bits per heavy atom. The van der Waals surface area contributed by atoms with Crippen molar-refractivity contribution in [2.75, 3.05) is 39.6 Å². The number of phosphoric acid groups is 2. The summed E-state index contributed by atoms with van der Waals surface area (Å²) in [7, 11) is -9.82. The summed E-state index contributed by atoms with van der Waals surface area (Å²) in [5.41, 5.74) is 0. The Balaban J connectivity index is 4.50. The van der Waals surface area contributed by atoms with Crippen LogP contribution in [-0.2, 0) is 55.8 Å². The lowest BCUT2D eigenvalue weighted by atomic mass is 10.0. The normalized spacial score (nSPS) is 14.5. The van der Waals surface area contributed by atoms with Gasteiger partial charge in [-0.3, -0.25) is 32.5 Å². The highest BCUT2D eigenvalue weighted by molar-refractivity contribution is 7.47. The van der Waals surface area contributed by atoms with Gasteiger partial charge < -0.3 is 34.2 Å². The van der Waals surface area contributed by atoms with Crippen LogP contribution in [0, 0.1) is 0 Å². The molecule has 0 aliphatic carbocycles. The van der Waals surface area contributed by atoms with Crippen LogP contribution in [-0.4, -0.2) is 95.9 Å². The number of phosphoric ester groups is 2. The Labute approximate surface area is 751 Å². The van der Waals surface area contributed by atoms with E-state index in [9.17, 15) is 43.5 Å². The van der Waals surface area contributed by atoms with E-state index in [0.29, 0.717) is 19.3 Å². The minimum atomic E-state index is -4.95. The second-order valence-corrected chi connectivity index (χ2v) is 35.3. The lowest BCUT2D eigenvalue weighted by molar-refractivity contribution is -0.161. The summed E-state index contributed by atoms with van der Waals surface area (Å²) in [4.78, 5) is 59.1. The summed E-state index contributed by atoms with van der Waals surface area (Å²) in [5.74, 6) is -1.58. The number of aliphatic hydroxyl groups excluding tert-OH is 2. The van der Waals surface area contributed by atoms with E-state index in [2.05, 4.69) is 203 Å². The van der Waals surface area contributed by atoms with Gasteiger partial charge in [-0.15, -0.1) is 0 Å². The smallest absolute Gasteiger partial charge is 0.463 e. The van der Waals surface area contributed by atoms with E-state index in [4.69, 9.17) is 32.3 Å². The Kier molecular flexibility index (Phi) is 91.6. The van der Waals surface area contributed by atoms with Gasteiger partial charge in [-0.1, -0.05) is 415 Å². The lowest BCUT2D eigenvalue weighted by Gasteiger charge is -2.21. The third-order valence-corrected chi connectivity index (χ3v) is 22.5. The van der Waals surface area contributed by atoms with E-state index in [1.807, 2.05) is 0 Å². The maximum absolute atomic E-state index is 13.1. The second-order valence-electron chi connectivity index (χ2n) is 32.4. The molecule has 5 unspecified atom stereocenters. The quantitative estimate of drug-likeness (QED) is 0.0146. The molecule has 4 N–H and O–H groups in total. The van der Waals surface area contributed by atoms with Crippen molar-refractivity contribution >= 4 is 33.6 Å². The molecule has 0 amide bonds. The molecule has 0 fully saturated rings. The van der Waals surface area contributed by atoms with Gasteiger partial charge in [0.15, 0.2) is 6.10 Å². The Bertz CT molecular complexity index is 2970. The van der Waals surface area contributed by atoms with Crippen LogP contribution in [0.1, 0.15) is 406 Å². The molecule has 123 heavy (non-hydrogen) atoms. The van der Waals surface area contributed by atoms with E-state index in [1.54, 1.807) is 0 Å². The molecule has 0 heterocycles. The number of esters is 3. The molecule has 0 aromatic rings. The van der Waals surface area contributed by atoms with Gasteiger partial charge in [0.1, 0.15) is 25.4 Å². The molecule has 18 heteroatoms. The fraction of sp³-hybridized carbons (Fsp3) is 0.686. The van der Waals surface area contributed by atoms with Gasteiger partial charge in [0.25, 0.3) is 0 Å². The van der Waals surface area contributed by atoms with Crippen LogP contribution in [0.5, 0.6) is 0 Å². The van der Waals surface area contributed by atoms with Crippen molar-refractivity contribution in [3.63, 3.8) is 0 Å². The van der Waals surface area contributed by atoms with Crippen LogP contribution in [0.2, 0.25) is 0 Å². The van der Waals surface area contributed by atoms with E-state index in [-0.39, 0.29) is 19.3 Å². The van der Waals surface area contributed by atoms with Crippen molar-refractivity contribution in [2.24, 2.45) is 0 Å². The van der Waals surface area contributed by atoms with Gasteiger partial charge in [-0.05, 0) is 154 Å². The maximum atomic E-state index is 13.1. The first-order valence-electron chi connectivity index (χ1n) is 49.1. The zero-order valence-electron chi connectivity index (χ0n) is 77.8. The van der Waals surface area contributed by atoms with Crippen molar-refractivity contribution < 1.29 is 75.8 Å². The molecule has 0 saturated heterocycles. The molecular formula is C105H178O16P2. The minimum Gasteiger partial charge on any atom is -0.463 e. The third-order valence-electron chi connectivity index (χ3n) is 20.6. The third kappa shape index (κ3) is 97.1. The monoisotopic (exact) mass is 1760 g/mol. The summed E-state index contributed by atoms with van der Waals surface area (Å²) in [6, 6.07) is 0. The average Bonchev–Trinajstić information content (AvgIpc) is 0.899. The molecule has 0 spiro atoms. The summed E-state index contributed by atoms with van der Waals surface area (Å²) < 4.78 is 61.6. The van der Waals surface area contributed by atoms with Crippen molar-refractivity contribution in [3.05, 3.63) is 182 Å². The van der Waals surface area contributed by atoms with Crippen molar-refractivity contribution in [1.29, 1.82) is 0 Å². The van der Waals surface area contributed by atoms with Gasteiger partial charge in [0.2, 0.25) is 0 Å². The predicted molar refractivity (Wildman–Crippen MR) is 518 cm³/mol. The summed E-state index contributed by atoms with van der Waals surface area (Å²) >= 11 is 0. The molecule has 0 aliphatic heterocycles. The number of carbonyl (C=O) groups is 3. The van der Waals surface area contributed by atoms with Crippen LogP contribution < -0.4 is 0 Å². The zero-order valence-corrected chi connectivity index (χ0v) is 79.6. The molecule has 0 saturated carbocycles. The molecule has 0 aromatic carbocycles. The van der Waals surface area contributed by atoms with Gasteiger partial charge in [0.05, 0.1) is 26.4 Å². The molecule has 5 atom stereocenters. The van der Waals surface area contributed by atoms with Crippen LogP contribution >= 0.6 is 15.6 Å². The van der Waals surface area contributed by atoms with Crippen molar-refractivity contribution in [1.82, 2.24) is 0 Å². The fourth-order valence-electron chi connectivity index (χ4n) is 13.3. The van der Waals surface area contributed by atoms with E-state index < -0.39 is 91.5 Å². The van der Waals surface area contributed by atoms with Crippen LogP contribution in [0.3, 0.4) is 0 Å². The Morgan fingerprint density at radius 2 is 0.407 bits per heavy atom. The predicted octanol–water partition coefficient (Wildman–Crippen LogP) is 30.8. The van der Waals surface area contributed by atoms with E-state index in [1.165, 1.54) is 173 Å². The molecule has 0 bridgehead atoms. The summed E-state index contributed by atoms with van der Waals surface area (Å²) in [6.07, 6.45) is 127. The highest BCUT2D eigenvalue weighted by atomic mass is 31.2. The number of hydrogen-bond acceptors (Lipinski definition) is 14. The molecule has 0 aliphatic rings. The maximum Gasteiger partial charge on any atom is 0.472 e. The fourth-order valence-corrected chi connectivity index (χ4v) is 14.9. The van der Waals surface area contributed by atoms with Gasteiger partial charge in [0, 0.05) is 19.3 Å². The molecule has 0 radical (unpaired) electrons. The summed E-state index contributed by atoms with van der Waals surface area (Å²) in [6.45, 7) is 2.38. The Hall–Kier alpha value is -5.35. The largest absolute Gasteiger partial charge is 0.472 e. The number of carbonyl (C=O) groups excluding carboxylic acids is 3. The van der Waals surface area contributed by atoms with Gasteiger partial charge in [-0.25, -0.2) is 9.13 Å². The van der Waals surface area contributed by atoms with Gasteiger partial charge >= 0.3 is 33.6 Å². The molecular weight excluding hydrogens is 1580 g/mol. The minimum absolute atomic E-state index is 0.0859. The SMILES string of the molecule is CC/C=C\C/C=C\C/C=C\C/C=C\C/C=C\C/C=C\CCCCCCCCCCCCCCCCCCC(=O)OCC(O)COP(=O)(O)OCC(O)COP(=O)(O)OCC(COC(=O)CCCCCCCCCCCCCCCCCCC/C=C\C/C=C\C/C=C\C/C=C\C/C=C\CC)OC(=O)CCCCCCCC/C=C\C/C=C\C/C=C\C/C=C\CC. The number of aliphatic hydroxyl groups is 2. The molecule has 0 rings (SSSR count). The highest BCUT2D eigenvalue weighted by Crippen LogP contribution is 2.45. The second kappa shape index (κ2) is 95.7. The molecule has 0 aromatic heterocycles. The van der Waals surface area contributed by atoms with Crippen LogP contribution in [0.4, 0.5) is 0 Å². The van der Waals surface area contributed by atoms with E-state index in [0.717, 1.165) is 173 Å². The summed E-state index contributed by atoms with van der Waals surface area (Å²) in [5, 5.41) is 20.8. The number of ether oxygens (including phenoxy) is 3. The van der Waals surface area contributed by atoms with E-state index >= 15 is 0 Å². The number of hydrogen-bond donors (Lipinski definition) is 4. The van der Waals surface area contributed by atoms with Gasteiger partial charge in [-0.2, -0.15) is 0 Å². The number of rotatable bonds is 92. The first-order valence-corrected chi connectivity index (χ1v) is 52.1. The zero-order chi connectivity index (χ0) is 89.3. The Morgan fingerprint density at radius 3 is 0.642 bits per heavy atom. The number of unbranched alkanes of at least 4 members (excludes halogenated alkanes) is 39. The first-order chi connectivity index (χ1) is 60.2. The van der Waals surface area contributed by atoms with Crippen molar-refractivity contribution in [3.8, 4) is 0 Å². The highest BCUT2D eigenvalue weighted by Gasteiger charge is 2.30. The average molecular weight is 1760 g/mol. The lowest BCUT2D eigenvalue weighted by Crippen LogP contribution is -2.30. The molecule has 704 valence electrons.